The molecule has 0 amide bonds. The predicted molar refractivity (Wildman–Crippen MR) is 136 cm³/mol. The van der Waals surface area contributed by atoms with Crippen LogP contribution < -0.4 is 0 Å². The first-order valence-corrected chi connectivity index (χ1v) is 13.7. The average Bonchev–Trinajstić information content (AvgIpc) is 2.81. The Labute approximate surface area is 211 Å². The highest BCUT2D eigenvalue weighted by Crippen LogP contribution is 2.42. The smallest absolute Gasteiger partial charge is 0.338 e. The molecule has 0 radical (unpaired) electrons. The van der Waals surface area contributed by atoms with Gasteiger partial charge in [-0.3, -0.25) is 4.79 Å². The molecule has 3 aromatic carbocycles. The fraction of sp³-hybridized carbons (Fsp3) is 0.200. The lowest BCUT2D eigenvalue weighted by atomic mass is 10.2. The maximum atomic E-state index is 13.1. The molecule has 0 fully saturated rings. The van der Waals surface area contributed by atoms with Crippen LogP contribution in [0, 0.1) is 0 Å². The molecule has 1 aliphatic heterocycles. The summed E-state index contributed by atoms with van der Waals surface area (Å²) in [5, 5.41) is 0. The number of carbonyl (C=O) groups excluding carboxylic acids is 2. The first-order chi connectivity index (χ1) is 15.8. The van der Waals surface area contributed by atoms with E-state index >= 15 is 0 Å². The Hall–Kier alpha value is -2.17. The van der Waals surface area contributed by atoms with E-state index in [4.69, 9.17) is 9.47 Å². The zero-order valence-electron chi connectivity index (χ0n) is 18.1. The van der Waals surface area contributed by atoms with Crippen LogP contribution in [-0.2, 0) is 36.0 Å². The molecule has 0 unspecified atom stereocenters. The van der Waals surface area contributed by atoms with E-state index in [0.29, 0.717) is 5.56 Å². The maximum Gasteiger partial charge on any atom is 0.338 e. The highest BCUT2D eigenvalue weighted by atomic mass is 127. The van der Waals surface area contributed by atoms with Gasteiger partial charge in [-0.15, -0.1) is 0 Å². The molecule has 33 heavy (non-hydrogen) atoms. The molecule has 0 N–H and O–H groups in total. The van der Waals surface area contributed by atoms with Crippen molar-refractivity contribution in [3.05, 3.63) is 78.4 Å². The van der Waals surface area contributed by atoms with Gasteiger partial charge in [-0.05, 0) is 62.4 Å². The van der Waals surface area contributed by atoms with E-state index in [0.717, 1.165) is 24.5 Å². The van der Waals surface area contributed by atoms with Crippen LogP contribution in [0.1, 0.15) is 24.2 Å². The normalized spacial score (nSPS) is 16.9. The van der Waals surface area contributed by atoms with E-state index < -0.39 is 31.1 Å². The predicted octanol–water partition coefficient (Wildman–Crippen LogP) is 5.18. The van der Waals surface area contributed by atoms with Crippen molar-refractivity contribution in [2.45, 2.75) is 41.7 Å². The molecule has 0 saturated heterocycles. The Bertz CT molecular complexity index is 1170. The summed E-state index contributed by atoms with van der Waals surface area (Å²) in [7, 11) is -1.64. The molecule has 0 aliphatic carbocycles. The van der Waals surface area contributed by atoms with Crippen LogP contribution in [0.15, 0.2) is 97.3 Å². The monoisotopic (exact) mass is 593 g/mol. The van der Waals surface area contributed by atoms with Gasteiger partial charge < -0.3 is 9.47 Å². The highest BCUT2D eigenvalue weighted by Gasteiger charge is 2.40. The Morgan fingerprint density at radius 3 is 1.91 bits per heavy atom. The highest BCUT2D eigenvalue weighted by molar-refractivity contribution is 14.1. The van der Waals surface area contributed by atoms with Crippen LogP contribution >= 0.6 is 22.6 Å². The third-order valence-corrected chi connectivity index (χ3v) is 9.44. The molecule has 5 nitrogen and oxygen atoms in total. The van der Waals surface area contributed by atoms with Gasteiger partial charge in [0.2, 0.25) is 0 Å². The minimum Gasteiger partial charge on any atom is -0.461 e. The Morgan fingerprint density at radius 1 is 0.848 bits per heavy atom. The second-order valence-corrected chi connectivity index (χ2v) is 13.8. The van der Waals surface area contributed by atoms with Crippen molar-refractivity contribution in [2.24, 2.45) is 0 Å². The number of hydrogen-bond donors (Lipinski definition) is 0. The standard InChI is InChI=1S/C25H22IO5S2/c1-25(2,26)24(28)31-16-15-30-23(27)17-11-13-18(14-12-17)32-19-7-3-5-9-21(19)33(29)22-10-6-4-8-20(22)32/h3-14H,15-16H2,1-2H3/q+1. The molecular weight excluding hydrogens is 571 g/mol. The summed E-state index contributed by atoms with van der Waals surface area (Å²) < 4.78 is 22.8. The number of ether oxygens (including phenoxy) is 2. The Kier molecular flexibility index (Phi) is 7.25. The van der Waals surface area contributed by atoms with Crippen molar-refractivity contribution in [2.75, 3.05) is 13.2 Å². The van der Waals surface area contributed by atoms with Crippen molar-refractivity contribution in [1.82, 2.24) is 0 Å². The molecule has 170 valence electrons. The first kappa shape index (κ1) is 24.0. The van der Waals surface area contributed by atoms with Crippen molar-refractivity contribution in [1.29, 1.82) is 0 Å². The van der Waals surface area contributed by atoms with Crippen LogP contribution in [0.5, 0.6) is 0 Å². The van der Waals surface area contributed by atoms with Gasteiger partial charge in [0.1, 0.15) is 27.5 Å². The number of fused-ring (bicyclic) bond motifs is 2. The summed E-state index contributed by atoms with van der Waals surface area (Å²) in [4.78, 5) is 28.9. The number of rotatable bonds is 6. The van der Waals surface area contributed by atoms with E-state index in [2.05, 4.69) is 0 Å². The molecule has 4 rings (SSSR count). The second kappa shape index (κ2) is 9.99. The number of benzene rings is 3. The molecule has 3 aromatic rings. The van der Waals surface area contributed by atoms with Gasteiger partial charge in [0, 0.05) is 0 Å². The van der Waals surface area contributed by atoms with Crippen LogP contribution in [-0.4, -0.2) is 32.8 Å². The molecule has 0 bridgehead atoms. The molecule has 0 atom stereocenters. The maximum absolute atomic E-state index is 13.1. The van der Waals surface area contributed by atoms with Gasteiger partial charge >= 0.3 is 11.9 Å². The quantitative estimate of drug-likeness (QED) is 0.101. The molecular formula is C25H22IO5S2+. The lowest BCUT2D eigenvalue weighted by molar-refractivity contribution is -0.146. The van der Waals surface area contributed by atoms with Gasteiger partial charge in [0.15, 0.2) is 14.7 Å². The molecule has 0 spiro atoms. The number of carbonyl (C=O) groups is 2. The summed E-state index contributed by atoms with van der Waals surface area (Å²) in [5.74, 6) is -0.821. The average molecular weight is 593 g/mol. The first-order valence-electron chi connectivity index (χ1n) is 10.2. The topological polar surface area (TPSA) is 69.7 Å². The summed E-state index contributed by atoms with van der Waals surface area (Å²) in [6.45, 7) is 3.52. The lowest BCUT2D eigenvalue weighted by Crippen LogP contribution is -2.28. The molecule has 1 aliphatic rings. The fourth-order valence-electron chi connectivity index (χ4n) is 3.29. The number of hydrogen-bond acceptors (Lipinski definition) is 5. The van der Waals surface area contributed by atoms with Gasteiger partial charge in [-0.1, -0.05) is 46.9 Å². The van der Waals surface area contributed by atoms with Crippen LogP contribution in [0.25, 0.3) is 0 Å². The van der Waals surface area contributed by atoms with E-state index in [1.165, 1.54) is 0 Å². The van der Waals surface area contributed by atoms with E-state index in [1.54, 1.807) is 26.0 Å². The van der Waals surface area contributed by atoms with Crippen LogP contribution in [0.4, 0.5) is 0 Å². The minimum atomic E-state index is -1.21. The van der Waals surface area contributed by atoms with Gasteiger partial charge in [0.25, 0.3) is 0 Å². The van der Waals surface area contributed by atoms with Crippen LogP contribution in [0.3, 0.4) is 0 Å². The molecule has 0 saturated carbocycles. The summed E-state index contributed by atoms with van der Waals surface area (Å²) >= 11 is 2.00. The van der Waals surface area contributed by atoms with Gasteiger partial charge in [-0.2, -0.15) is 0 Å². The van der Waals surface area contributed by atoms with E-state index in [9.17, 15) is 13.8 Å². The molecule has 1 heterocycles. The fourth-order valence-corrected chi connectivity index (χ4v) is 7.66. The largest absolute Gasteiger partial charge is 0.461 e. The summed E-state index contributed by atoms with van der Waals surface area (Å²) in [5.41, 5.74) is 0.421. The number of esters is 2. The third kappa shape index (κ3) is 5.17. The van der Waals surface area contributed by atoms with Crippen LogP contribution in [0.2, 0.25) is 0 Å². The van der Waals surface area contributed by atoms with Crippen molar-refractivity contribution in [3.63, 3.8) is 0 Å². The number of alkyl halides is 1. The van der Waals surface area contributed by atoms with Gasteiger partial charge in [0.05, 0.1) is 26.2 Å². The summed E-state index contributed by atoms with van der Waals surface area (Å²) in [6.07, 6.45) is 0. The minimum absolute atomic E-state index is 0.00398. The van der Waals surface area contributed by atoms with Crippen molar-refractivity contribution >= 4 is 56.2 Å². The van der Waals surface area contributed by atoms with E-state index in [-0.39, 0.29) is 19.2 Å². The SMILES string of the molecule is CC(C)(I)C(=O)OCCOC(=O)c1ccc([S+]2c3ccccc3S(=O)c3ccccc32)cc1. The summed E-state index contributed by atoms with van der Waals surface area (Å²) in [6, 6.07) is 22.9. The zero-order valence-corrected chi connectivity index (χ0v) is 21.9. The lowest BCUT2D eigenvalue weighted by Gasteiger charge is -2.18. The van der Waals surface area contributed by atoms with Crippen molar-refractivity contribution < 1.29 is 23.3 Å². The molecule has 8 heteroatoms. The van der Waals surface area contributed by atoms with E-state index in [1.807, 2.05) is 83.3 Å². The Balaban J connectivity index is 1.50. The number of halogens is 1. The molecule has 0 aromatic heterocycles. The van der Waals surface area contributed by atoms with Crippen molar-refractivity contribution in [3.8, 4) is 0 Å². The zero-order chi connectivity index (χ0) is 23.6. The van der Waals surface area contributed by atoms with Gasteiger partial charge in [-0.25, -0.2) is 9.00 Å². The second-order valence-electron chi connectivity index (χ2n) is 7.74. The Morgan fingerprint density at radius 2 is 1.36 bits per heavy atom. The third-order valence-electron chi connectivity index (χ3n) is 4.90.